The Bertz CT molecular complexity index is 717. The first kappa shape index (κ1) is 12.2. The van der Waals surface area contributed by atoms with Gasteiger partial charge in [-0.1, -0.05) is 32.9 Å². The number of benzene rings is 1. The molecule has 0 radical (unpaired) electrons. The molecule has 6 nitrogen and oxygen atoms in total. The first-order chi connectivity index (χ1) is 8.41. The van der Waals surface area contributed by atoms with E-state index in [-0.39, 0.29) is 16.2 Å². The van der Waals surface area contributed by atoms with E-state index in [9.17, 15) is 9.59 Å². The number of hydrogen-bond donors (Lipinski definition) is 0. The zero-order chi connectivity index (χ0) is 13.3. The van der Waals surface area contributed by atoms with Gasteiger partial charge in [-0.2, -0.15) is 0 Å². The van der Waals surface area contributed by atoms with Gasteiger partial charge < -0.3 is 0 Å². The van der Waals surface area contributed by atoms with Gasteiger partial charge >= 0.3 is 11.3 Å². The average molecular weight is 252 g/mol. The second-order valence-corrected chi connectivity index (χ2v) is 4.86. The van der Waals surface area contributed by atoms with Crippen LogP contribution in [0.4, 0.5) is 0 Å². The maximum Gasteiger partial charge on any atom is 0.391 e. The number of rotatable bonds is 0. The summed E-state index contributed by atoms with van der Waals surface area (Å²) in [7, 11) is 0. The molecule has 1 aromatic carbocycles. The van der Waals surface area contributed by atoms with Gasteiger partial charge in [0.2, 0.25) is 0 Å². The first-order valence-electron chi connectivity index (χ1n) is 5.31. The van der Waals surface area contributed by atoms with Crippen molar-refractivity contribution in [2.24, 2.45) is 0 Å². The quantitative estimate of drug-likeness (QED) is 0.669. The van der Waals surface area contributed by atoms with Crippen molar-refractivity contribution in [1.82, 2.24) is 0 Å². The molecule has 18 heavy (non-hydrogen) atoms. The third-order valence-electron chi connectivity index (χ3n) is 2.54. The first-order valence-corrected chi connectivity index (χ1v) is 5.31. The van der Waals surface area contributed by atoms with Crippen LogP contribution in [0.1, 0.15) is 26.3 Å². The Balaban J connectivity index is 3.12. The minimum absolute atomic E-state index is 0.0794. The molecule has 0 aliphatic heterocycles. The molecule has 0 atom stereocenters. The lowest BCUT2D eigenvalue weighted by Crippen LogP contribution is -2.16. The van der Waals surface area contributed by atoms with Crippen molar-refractivity contribution in [3.63, 3.8) is 0 Å². The van der Waals surface area contributed by atoms with E-state index < -0.39 is 11.3 Å². The van der Waals surface area contributed by atoms with Crippen molar-refractivity contribution in [3.8, 4) is 0 Å². The Hall–Kier alpha value is -2.24. The minimum Gasteiger partial charge on any atom is -0.241 e. The molecule has 1 aromatic heterocycles. The molecule has 2 rings (SSSR count). The van der Waals surface area contributed by atoms with Gasteiger partial charge in [0.15, 0.2) is 0 Å². The highest BCUT2D eigenvalue weighted by atomic mass is 17.4. The Morgan fingerprint density at radius 1 is 0.944 bits per heavy atom. The van der Waals surface area contributed by atoms with E-state index in [0.29, 0.717) is 5.56 Å². The third-order valence-corrected chi connectivity index (χ3v) is 2.54. The lowest BCUT2D eigenvalue weighted by molar-refractivity contribution is -0.305. The minimum atomic E-state index is -0.812. The molecule has 1 heterocycles. The molecule has 96 valence electrons. The van der Waals surface area contributed by atoms with Gasteiger partial charge in [0.05, 0.1) is 10.8 Å². The van der Waals surface area contributed by atoms with Crippen LogP contribution >= 0.6 is 0 Å². The standard InChI is InChI=1S/C12H12O6/c1-12(2,3)8-6-4-5-7-9(8)11(14)16-18-17-15-10(7)13/h4-6H,1-3H3. The molecule has 0 bridgehead atoms. The van der Waals surface area contributed by atoms with E-state index >= 15 is 0 Å². The highest BCUT2D eigenvalue weighted by Gasteiger charge is 2.20. The van der Waals surface area contributed by atoms with E-state index in [1.807, 2.05) is 20.8 Å². The predicted molar refractivity (Wildman–Crippen MR) is 61.9 cm³/mol. The fourth-order valence-corrected chi connectivity index (χ4v) is 1.74. The average Bonchev–Trinajstić information content (AvgIpc) is 2.30. The number of fused-ring (bicyclic) bond motifs is 1. The molecule has 0 amide bonds. The second kappa shape index (κ2) is 4.21. The molecule has 0 saturated carbocycles. The summed E-state index contributed by atoms with van der Waals surface area (Å²) in [5, 5.41) is 0.203. The topological polar surface area (TPSA) is 86.7 Å². The summed E-state index contributed by atoms with van der Waals surface area (Å²) < 4.78 is 16.6. The van der Waals surface area contributed by atoms with E-state index in [0.717, 1.165) is 0 Å². The molecule has 6 heteroatoms. The van der Waals surface area contributed by atoms with Crippen molar-refractivity contribution < 1.29 is 18.6 Å². The molecule has 0 aliphatic rings. The van der Waals surface area contributed by atoms with Crippen LogP contribution in [-0.2, 0) is 5.41 Å². The summed E-state index contributed by atoms with van der Waals surface area (Å²) in [4.78, 5) is 23.5. The van der Waals surface area contributed by atoms with Crippen LogP contribution < -0.4 is 11.3 Å². The van der Waals surface area contributed by atoms with Crippen LogP contribution in [0.5, 0.6) is 0 Å². The third kappa shape index (κ3) is 2.09. The van der Waals surface area contributed by atoms with Gasteiger partial charge in [-0.3, -0.25) is 0 Å². The maximum atomic E-state index is 11.8. The zero-order valence-corrected chi connectivity index (χ0v) is 10.2. The van der Waals surface area contributed by atoms with Gasteiger partial charge in [0.25, 0.3) is 0 Å². The van der Waals surface area contributed by atoms with E-state index in [2.05, 4.69) is 18.6 Å². The predicted octanol–water partition coefficient (Wildman–Crippen LogP) is 2.35. The van der Waals surface area contributed by atoms with Crippen LogP contribution in [0.3, 0.4) is 0 Å². The van der Waals surface area contributed by atoms with Gasteiger partial charge in [0, 0.05) is 0 Å². The van der Waals surface area contributed by atoms with Gasteiger partial charge in [0.1, 0.15) is 0 Å². The molecular formula is C12H12O6. The zero-order valence-electron chi connectivity index (χ0n) is 10.2. The molecule has 0 unspecified atom stereocenters. The summed E-state index contributed by atoms with van der Waals surface area (Å²) in [6.07, 6.45) is 0. The lowest BCUT2D eigenvalue weighted by Gasteiger charge is -2.19. The summed E-state index contributed by atoms with van der Waals surface area (Å²) in [5.74, 6) is 0. The molecule has 0 spiro atoms. The fourth-order valence-electron chi connectivity index (χ4n) is 1.74. The van der Waals surface area contributed by atoms with Crippen LogP contribution in [0.15, 0.2) is 46.4 Å². The molecule has 0 N–H and O–H groups in total. The van der Waals surface area contributed by atoms with Crippen molar-refractivity contribution in [2.45, 2.75) is 26.2 Å². The van der Waals surface area contributed by atoms with Crippen LogP contribution in [0.2, 0.25) is 0 Å². The highest BCUT2D eigenvalue weighted by molar-refractivity contribution is 5.83. The Kier molecular flexibility index (Phi) is 2.86. The Morgan fingerprint density at radius 3 is 2.17 bits per heavy atom. The molecule has 0 aliphatic carbocycles. The fraction of sp³-hybridized carbons (Fsp3) is 0.333. The second-order valence-electron chi connectivity index (χ2n) is 4.86. The molecular weight excluding hydrogens is 240 g/mol. The largest absolute Gasteiger partial charge is 0.391 e. The Labute approximate surface area is 101 Å². The van der Waals surface area contributed by atoms with Crippen molar-refractivity contribution in [2.75, 3.05) is 0 Å². The summed E-state index contributed by atoms with van der Waals surface area (Å²) >= 11 is 0. The maximum absolute atomic E-state index is 11.8. The SMILES string of the molecule is CC(C)(C)c1cccc2c(=O)ooooc(=O)c12. The van der Waals surface area contributed by atoms with Crippen LogP contribution in [-0.4, -0.2) is 0 Å². The Morgan fingerprint density at radius 2 is 1.56 bits per heavy atom. The smallest absolute Gasteiger partial charge is 0.241 e. The van der Waals surface area contributed by atoms with Crippen LogP contribution in [0, 0.1) is 0 Å². The van der Waals surface area contributed by atoms with Gasteiger partial charge in [-0.15, -0.1) is 0 Å². The molecule has 2 aromatic rings. The van der Waals surface area contributed by atoms with Gasteiger partial charge in [-0.05, 0) is 26.5 Å². The van der Waals surface area contributed by atoms with Gasteiger partial charge in [-0.25, -0.2) is 18.7 Å². The molecule has 0 saturated heterocycles. The monoisotopic (exact) mass is 252 g/mol. The van der Waals surface area contributed by atoms with E-state index in [1.165, 1.54) is 6.07 Å². The molecule has 0 fully saturated rings. The van der Waals surface area contributed by atoms with E-state index in [1.54, 1.807) is 12.1 Å². The lowest BCUT2D eigenvalue weighted by atomic mass is 9.84. The van der Waals surface area contributed by atoms with E-state index in [4.69, 9.17) is 0 Å². The summed E-state index contributed by atoms with van der Waals surface area (Å²) in [6.45, 7) is 5.74. The normalized spacial score (nSPS) is 11.5. The van der Waals surface area contributed by atoms with Crippen molar-refractivity contribution >= 4 is 10.8 Å². The highest BCUT2D eigenvalue weighted by Crippen LogP contribution is 2.26. The van der Waals surface area contributed by atoms with Crippen molar-refractivity contribution in [1.29, 1.82) is 0 Å². The summed E-state index contributed by atoms with van der Waals surface area (Å²) in [6, 6.07) is 4.87. The van der Waals surface area contributed by atoms with Crippen LogP contribution in [0.25, 0.3) is 10.8 Å². The van der Waals surface area contributed by atoms with Crippen molar-refractivity contribution in [3.05, 3.63) is 44.6 Å². The number of hydrogen-bond acceptors (Lipinski definition) is 6. The summed E-state index contributed by atoms with van der Waals surface area (Å²) in [5.41, 5.74) is -1.29.